The molecule has 1 aliphatic rings. The zero-order chi connectivity index (χ0) is 15.5. The van der Waals surface area contributed by atoms with Crippen molar-refractivity contribution in [3.63, 3.8) is 0 Å². The second kappa shape index (κ2) is 6.25. The Morgan fingerprint density at radius 2 is 1.77 bits per heavy atom. The van der Waals surface area contributed by atoms with Crippen molar-refractivity contribution >= 4 is 5.91 Å². The van der Waals surface area contributed by atoms with Gasteiger partial charge in [-0.2, -0.15) is 0 Å². The summed E-state index contributed by atoms with van der Waals surface area (Å²) < 4.78 is 31.3. The van der Waals surface area contributed by atoms with Gasteiger partial charge in [-0.15, -0.1) is 0 Å². The van der Waals surface area contributed by atoms with Gasteiger partial charge in [0.2, 0.25) is 0 Å². The van der Waals surface area contributed by atoms with Gasteiger partial charge in [0.25, 0.3) is 5.91 Å². The molecule has 0 atom stereocenters. The number of hydrogen-bond donors (Lipinski definition) is 0. The molecule has 1 fully saturated rings. The number of rotatable bonds is 2. The lowest BCUT2D eigenvalue weighted by atomic mass is 10.1. The highest BCUT2D eigenvalue weighted by Crippen LogP contribution is 2.23. The van der Waals surface area contributed by atoms with Crippen molar-refractivity contribution < 1.29 is 18.1 Å². The van der Waals surface area contributed by atoms with E-state index in [-0.39, 0.29) is 17.4 Å². The SMILES string of the molecule is O=C(c1cc(-c2ccc(F)c(F)c2)on1)N1CCCCCC1. The average Bonchev–Trinajstić information content (AvgIpc) is 2.85. The van der Waals surface area contributed by atoms with E-state index in [0.717, 1.165) is 37.8 Å². The Bertz CT molecular complexity index is 677. The van der Waals surface area contributed by atoms with Gasteiger partial charge in [-0.05, 0) is 31.0 Å². The van der Waals surface area contributed by atoms with Crippen LogP contribution < -0.4 is 0 Å². The Balaban J connectivity index is 1.80. The van der Waals surface area contributed by atoms with Gasteiger partial charge in [-0.1, -0.05) is 18.0 Å². The van der Waals surface area contributed by atoms with Gasteiger partial charge in [0.05, 0.1) is 0 Å². The second-order valence-corrected chi connectivity index (χ2v) is 5.41. The lowest BCUT2D eigenvalue weighted by molar-refractivity contribution is 0.0751. The van der Waals surface area contributed by atoms with Gasteiger partial charge in [0, 0.05) is 24.7 Å². The summed E-state index contributed by atoms with van der Waals surface area (Å²) in [5.74, 6) is -1.82. The first-order valence-corrected chi connectivity index (χ1v) is 7.36. The molecule has 0 saturated carbocycles. The van der Waals surface area contributed by atoms with E-state index in [9.17, 15) is 13.6 Å². The van der Waals surface area contributed by atoms with Crippen LogP contribution in [0, 0.1) is 11.6 Å². The van der Waals surface area contributed by atoms with Crippen LogP contribution in [0.4, 0.5) is 8.78 Å². The van der Waals surface area contributed by atoms with E-state index in [1.54, 1.807) is 4.90 Å². The van der Waals surface area contributed by atoms with E-state index in [4.69, 9.17) is 4.52 Å². The molecule has 0 spiro atoms. The van der Waals surface area contributed by atoms with Gasteiger partial charge >= 0.3 is 0 Å². The number of amides is 1. The molecule has 1 saturated heterocycles. The highest BCUT2D eigenvalue weighted by Gasteiger charge is 2.21. The molecule has 22 heavy (non-hydrogen) atoms. The number of hydrogen-bond acceptors (Lipinski definition) is 3. The minimum absolute atomic E-state index is 0.181. The average molecular weight is 306 g/mol. The monoisotopic (exact) mass is 306 g/mol. The number of carbonyl (C=O) groups is 1. The van der Waals surface area contributed by atoms with Crippen molar-refractivity contribution in [2.75, 3.05) is 13.1 Å². The number of likely N-dealkylation sites (tertiary alicyclic amines) is 1. The molecule has 1 aliphatic heterocycles. The quantitative estimate of drug-likeness (QED) is 0.851. The van der Waals surface area contributed by atoms with Crippen LogP contribution in [0.5, 0.6) is 0 Å². The fourth-order valence-corrected chi connectivity index (χ4v) is 2.60. The fourth-order valence-electron chi connectivity index (χ4n) is 2.60. The first-order chi connectivity index (χ1) is 10.6. The van der Waals surface area contributed by atoms with Gasteiger partial charge in [0.15, 0.2) is 23.1 Å². The molecule has 1 aromatic heterocycles. The van der Waals surface area contributed by atoms with E-state index in [0.29, 0.717) is 18.7 Å². The summed E-state index contributed by atoms with van der Waals surface area (Å²) in [6.07, 6.45) is 4.23. The Morgan fingerprint density at radius 3 is 2.45 bits per heavy atom. The van der Waals surface area contributed by atoms with E-state index >= 15 is 0 Å². The van der Waals surface area contributed by atoms with Crippen molar-refractivity contribution in [3.05, 3.63) is 41.6 Å². The first-order valence-electron chi connectivity index (χ1n) is 7.36. The van der Waals surface area contributed by atoms with Crippen molar-refractivity contribution in [2.45, 2.75) is 25.7 Å². The molecule has 0 unspecified atom stereocenters. The molecule has 2 aromatic rings. The molecule has 1 amide bonds. The number of aromatic nitrogens is 1. The zero-order valence-electron chi connectivity index (χ0n) is 12.0. The van der Waals surface area contributed by atoms with Crippen LogP contribution in [0.25, 0.3) is 11.3 Å². The van der Waals surface area contributed by atoms with Crippen LogP contribution in [0.2, 0.25) is 0 Å². The Kier molecular flexibility index (Phi) is 4.18. The van der Waals surface area contributed by atoms with Gasteiger partial charge in [-0.25, -0.2) is 8.78 Å². The molecule has 4 nitrogen and oxygen atoms in total. The van der Waals surface area contributed by atoms with Crippen LogP contribution in [0.3, 0.4) is 0 Å². The van der Waals surface area contributed by atoms with E-state index < -0.39 is 11.6 Å². The summed E-state index contributed by atoms with van der Waals surface area (Å²) in [5, 5.41) is 3.77. The molecule has 0 aliphatic carbocycles. The number of carbonyl (C=O) groups excluding carboxylic acids is 1. The van der Waals surface area contributed by atoms with Crippen LogP contribution in [0.1, 0.15) is 36.2 Å². The number of halogens is 2. The zero-order valence-corrected chi connectivity index (χ0v) is 12.0. The molecule has 3 rings (SSSR count). The summed E-state index contributed by atoms with van der Waals surface area (Å²) in [7, 11) is 0. The van der Waals surface area contributed by atoms with E-state index in [1.165, 1.54) is 12.1 Å². The fraction of sp³-hybridized carbons (Fsp3) is 0.375. The highest BCUT2D eigenvalue weighted by molar-refractivity contribution is 5.93. The minimum atomic E-state index is -0.964. The second-order valence-electron chi connectivity index (χ2n) is 5.41. The van der Waals surface area contributed by atoms with Gasteiger partial charge < -0.3 is 9.42 Å². The molecule has 0 bridgehead atoms. The third kappa shape index (κ3) is 3.00. The summed E-state index contributed by atoms with van der Waals surface area (Å²) >= 11 is 0. The van der Waals surface area contributed by atoms with Crippen LogP contribution in [0.15, 0.2) is 28.8 Å². The van der Waals surface area contributed by atoms with E-state index in [2.05, 4.69) is 5.16 Å². The molecule has 116 valence electrons. The summed E-state index contributed by atoms with van der Waals surface area (Å²) in [6, 6.07) is 4.90. The maximum absolute atomic E-state index is 13.3. The normalized spacial score (nSPS) is 15.6. The Labute approximate surface area is 126 Å². The molecule has 0 N–H and O–H groups in total. The standard InChI is InChI=1S/C16H16F2N2O2/c17-12-6-5-11(9-13(12)18)15-10-14(19-22-15)16(21)20-7-3-1-2-4-8-20/h5-6,9-10H,1-4,7-8H2. The van der Waals surface area contributed by atoms with Gasteiger partial charge in [-0.3, -0.25) is 4.79 Å². The predicted molar refractivity (Wildman–Crippen MR) is 76.2 cm³/mol. The topological polar surface area (TPSA) is 46.3 Å². The van der Waals surface area contributed by atoms with Crippen LogP contribution >= 0.6 is 0 Å². The summed E-state index contributed by atoms with van der Waals surface area (Å²) in [4.78, 5) is 14.2. The third-order valence-corrected chi connectivity index (χ3v) is 3.83. The lowest BCUT2D eigenvalue weighted by Crippen LogP contribution is -2.31. The molecule has 1 aromatic carbocycles. The lowest BCUT2D eigenvalue weighted by Gasteiger charge is -2.18. The van der Waals surface area contributed by atoms with Gasteiger partial charge in [0.1, 0.15) is 0 Å². The predicted octanol–water partition coefficient (Wildman–Crippen LogP) is 3.64. The number of benzene rings is 1. The van der Waals surface area contributed by atoms with Crippen LogP contribution in [-0.4, -0.2) is 29.1 Å². The van der Waals surface area contributed by atoms with Crippen molar-refractivity contribution in [1.29, 1.82) is 0 Å². The maximum atomic E-state index is 13.3. The Morgan fingerprint density at radius 1 is 1.05 bits per heavy atom. The van der Waals surface area contributed by atoms with E-state index in [1.807, 2.05) is 0 Å². The first kappa shape index (κ1) is 14.7. The molecular weight excluding hydrogens is 290 g/mol. The summed E-state index contributed by atoms with van der Waals surface area (Å²) in [5.41, 5.74) is 0.544. The highest BCUT2D eigenvalue weighted by atomic mass is 19.2. The van der Waals surface area contributed by atoms with Crippen molar-refractivity contribution in [3.8, 4) is 11.3 Å². The summed E-state index contributed by atoms with van der Waals surface area (Å²) in [6.45, 7) is 1.43. The third-order valence-electron chi connectivity index (χ3n) is 3.83. The van der Waals surface area contributed by atoms with Crippen molar-refractivity contribution in [2.24, 2.45) is 0 Å². The largest absolute Gasteiger partial charge is 0.355 e. The molecule has 2 heterocycles. The smallest absolute Gasteiger partial charge is 0.276 e. The van der Waals surface area contributed by atoms with Crippen molar-refractivity contribution in [1.82, 2.24) is 10.1 Å². The molecule has 0 radical (unpaired) electrons. The van der Waals surface area contributed by atoms with Crippen LogP contribution in [-0.2, 0) is 0 Å². The minimum Gasteiger partial charge on any atom is -0.355 e. The number of nitrogens with zero attached hydrogens (tertiary/aromatic N) is 2. The maximum Gasteiger partial charge on any atom is 0.276 e. The molecular formula is C16H16F2N2O2. The Hall–Kier alpha value is -2.24. The molecule has 6 heteroatoms.